The highest BCUT2D eigenvalue weighted by atomic mass is 16.6. The van der Waals surface area contributed by atoms with Crippen LogP contribution in [0.1, 0.15) is 30.8 Å². The third kappa shape index (κ3) is 4.96. The Morgan fingerprint density at radius 3 is 2.48 bits per heavy atom. The maximum absolute atomic E-state index is 12.2. The van der Waals surface area contributed by atoms with Crippen molar-refractivity contribution in [3.05, 3.63) is 45.3 Å². The van der Waals surface area contributed by atoms with Gasteiger partial charge in [0.15, 0.2) is 11.5 Å². The molecule has 0 spiro atoms. The molecular weight excluding hydrogens is 352 g/mol. The van der Waals surface area contributed by atoms with Gasteiger partial charge in [0.1, 0.15) is 17.9 Å². The molecule has 0 aliphatic rings. The van der Waals surface area contributed by atoms with Crippen LogP contribution in [0.3, 0.4) is 0 Å². The SMILES string of the molecule is CCOc1ccc(CNC(=O)Cn2nc(C)c([N+](=O)[O-])c2C)cc1OCC. The first-order valence-corrected chi connectivity index (χ1v) is 8.70. The minimum atomic E-state index is -0.485. The molecule has 0 radical (unpaired) electrons. The van der Waals surface area contributed by atoms with Gasteiger partial charge in [0.25, 0.3) is 0 Å². The number of rotatable bonds is 9. The van der Waals surface area contributed by atoms with Crippen molar-refractivity contribution in [2.75, 3.05) is 13.2 Å². The molecule has 0 bridgehead atoms. The summed E-state index contributed by atoms with van der Waals surface area (Å²) in [6, 6.07) is 5.48. The molecule has 2 rings (SSSR count). The third-order valence-electron chi connectivity index (χ3n) is 3.92. The monoisotopic (exact) mass is 376 g/mol. The normalized spacial score (nSPS) is 10.5. The molecule has 1 aromatic carbocycles. The topological polar surface area (TPSA) is 109 Å². The predicted molar refractivity (Wildman–Crippen MR) is 99.0 cm³/mol. The fraction of sp³-hybridized carbons (Fsp3) is 0.444. The first-order chi connectivity index (χ1) is 12.9. The molecule has 0 unspecified atom stereocenters. The summed E-state index contributed by atoms with van der Waals surface area (Å²) in [5.74, 6) is 0.993. The third-order valence-corrected chi connectivity index (χ3v) is 3.92. The van der Waals surface area contributed by atoms with E-state index < -0.39 is 4.92 Å². The maximum Gasteiger partial charge on any atom is 0.312 e. The zero-order chi connectivity index (χ0) is 20.0. The number of carbonyl (C=O) groups is 1. The second-order valence-corrected chi connectivity index (χ2v) is 5.86. The van der Waals surface area contributed by atoms with Gasteiger partial charge in [0.05, 0.1) is 18.1 Å². The number of benzene rings is 1. The number of hydrogen-bond donors (Lipinski definition) is 1. The van der Waals surface area contributed by atoms with Crippen LogP contribution >= 0.6 is 0 Å². The van der Waals surface area contributed by atoms with Gasteiger partial charge in [0.2, 0.25) is 5.91 Å². The van der Waals surface area contributed by atoms with Gasteiger partial charge in [-0.2, -0.15) is 5.10 Å². The fourth-order valence-corrected chi connectivity index (χ4v) is 2.70. The Morgan fingerprint density at radius 1 is 1.22 bits per heavy atom. The van der Waals surface area contributed by atoms with Crippen LogP contribution in [0.5, 0.6) is 11.5 Å². The van der Waals surface area contributed by atoms with Crippen molar-refractivity contribution in [1.82, 2.24) is 15.1 Å². The highest BCUT2D eigenvalue weighted by Crippen LogP contribution is 2.28. The molecule has 2 aromatic rings. The van der Waals surface area contributed by atoms with Gasteiger partial charge in [-0.05, 0) is 45.4 Å². The predicted octanol–water partition coefficient (Wildman–Crippen LogP) is 2.52. The molecule has 0 fully saturated rings. The highest BCUT2D eigenvalue weighted by molar-refractivity contribution is 5.75. The summed E-state index contributed by atoms with van der Waals surface area (Å²) in [5, 5.41) is 17.9. The molecule has 9 heteroatoms. The highest BCUT2D eigenvalue weighted by Gasteiger charge is 2.22. The molecular formula is C18H24N4O5. The summed E-state index contributed by atoms with van der Waals surface area (Å²) in [6.07, 6.45) is 0. The van der Waals surface area contributed by atoms with Crippen molar-refractivity contribution < 1.29 is 19.2 Å². The Balaban J connectivity index is 2.02. The van der Waals surface area contributed by atoms with Gasteiger partial charge < -0.3 is 14.8 Å². The smallest absolute Gasteiger partial charge is 0.312 e. The minimum absolute atomic E-state index is 0.0596. The van der Waals surface area contributed by atoms with Crippen molar-refractivity contribution in [3.8, 4) is 11.5 Å². The fourth-order valence-electron chi connectivity index (χ4n) is 2.70. The van der Waals surface area contributed by atoms with E-state index in [2.05, 4.69) is 10.4 Å². The van der Waals surface area contributed by atoms with E-state index in [1.165, 1.54) is 4.68 Å². The molecule has 9 nitrogen and oxygen atoms in total. The lowest BCUT2D eigenvalue weighted by Gasteiger charge is -2.13. The Labute approximate surface area is 157 Å². The average Bonchev–Trinajstić information content (AvgIpc) is 2.89. The number of aryl methyl sites for hydroxylation is 1. The summed E-state index contributed by atoms with van der Waals surface area (Å²) in [5.41, 5.74) is 1.44. The lowest BCUT2D eigenvalue weighted by atomic mass is 10.2. The Kier molecular flexibility index (Phi) is 6.75. The zero-order valence-electron chi connectivity index (χ0n) is 15.9. The summed E-state index contributed by atoms with van der Waals surface area (Å²) < 4.78 is 12.4. The number of carbonyl (C=O) groups excluding carboxylic acids is 1. The van der Waals surface area contributed by atoms with E-state index >= 15 is 0 Å². The van der Waals surface area contributed by atoms with Gasteiger partial charge in [-0.15, -0.1) is 0 Å². The standard InChI is InChI=1S/C18H24N4O5/c1-5-26-15-8-7-14(9-16(15)27-6-2)10-19-17(23)11-21-13(4)18(22(24)25)12(3)20-21/h7-9H,5-6,10-11H2,1-4H3,(H,19,23). The average molecular weight is 376 g/mol. The summed E-state index contributed by atoms with van der Waals surface area (Å²) in [4.78, 5) is 22.8. The minimum Gasteiger partial charge on any atom is -0.490 e. The van der Waals surface area contributed by atoms with E-state index in [9.17, 15) is 14.9 Å². The van der Waals surface area contributed by atoms with Crippen LogP contribution in [0.2, 0.25) is 0 Å². The van der Waals surface area contributed by atoms with E-state index in [1.807, 2.05) is 26.0 Å². The number of amides is 1. The second-order valence-electron chi connectivity index (χ2n) is 5.86. The Hall–Kier alpha value is -3.10. The van der Waals surface area contributed by atoms with Crippen LogP contribution in [0, 0.1) is 24.0 Å². The van der Waals surface area contributed by atoms with Gasteiger partial charge in [-0.3, -0.25) is 19.6 Å². The van der Waals surface area contributed by atoms with Crippen LogP contribution in [-0.4, -0.2) is 33.8 Å². The molecule has 146 valence electrons. The molecule has 0 aliphatic carbocycles. The summed E-state index contributed by atoms with van der Waals surface area (Å²) >= 11 is 0. The van der Waals surface area contributed by atoms with Crippen LogP contribution in [0.4, 0.5) is 5.69 Å². The van der Waals surface area contributed by atoms with Crippen molar-refractivity contribution in [2.45, 2.75) is 40.8 Å². The first-order valence-electron chi connectivity index (χ1n) is 8.70. The van der Waals surface area contributed by atoms with Gasteiger partial charge in [-0.1, -0.05) is 6.07 Å². The first kappa shape index (κ1) is 20.2. The van der Waals surface area contributed by atoms with Crippen molar-refractivity contribution in [2.24, 2.45) is 0 Å². The molecule has 1 N–H and O–H groups in total. The largest absolute Gasteiger partial charge is 0.490 e. The number of nitrogens with zero attached hydrogens (tertiary/aromatic N) is 3. The Morgan fingerprint density at radius 2 is 1.89 bits per heavy atom. The van der Waals surface area contributed by atoms with E-state index in [4.69, 9.17) is 9.47 Å². The van der Waals surface area contributed by atoms with Crippen LogP contribution in [0.15, 0.2) is 18.2 Å². The molecule has 27 heavy (non-hydrogen) atoms. The number of ether oxygens (including phenoxy) is 2. The lowest BCUT2D eigenvalue weighted by Crippen LogP contribution is -2.28. The molecule has 0 atom stereocenters. The van der Waals surface area contributed by atoms with E-state index in [-0.39, 0.29) is 23.8 Å². The Bertz CT molecular complexity index is 831. The van der Waals surface area contributed by atoms with Crippen LogP contribution in [0.25, 0.3) is 0 Å². The lowest BCUT2D eigenvalue weighted by molar-refractivity contribution is -0.386. The number of hydrogen-bond acceptors (Lipinski definition) is 6. The molecule has 1 amide bonds. The summed E-state index contributed by atoms with van der Waals surface area (Å²) in [6.45, 7) is 8.16. The number of nitrogens with one attached hydrogen (secondary N) is 1. The van der Waals surface area contributed by atoms with Gasteiger partial charge >= 0.3 is 5.69 Å². The molecule has 1 heterocycles. The van der Waals surface area contributed by atoms with Crippen molar-refractivity contribution in [1.29, 1.82) is 0 Å². The summed E-state index contributed by atoms with van der Waals surface area (Å²) in [7, 11) is 0. The van der Waals surface area contributed by atoms with Gasteiger partial charge in [-0.25, -0.2) is 0 Å². The van der Waals surface area contributed by atoms with Crippen molar-refractivity contribution >= 4 is 11.6 Å². The van der Waals surface area contributed by atoms with Gasteiger partial charge in [0, 0.05) is 6.54 Å². The maximum atomic E-state index is 12.2. The quantitative estimate of drug-likeness (QED) is 0.532. The van der Waals surface area contributed by atoms with E-state index in [1.54, 1.807) is 19.9 Å². The van der Waals surface area contributed by atoms with E-state index in [0.717, 1.165) is 5.56 Å². The molecule has 0 aliphatic heterocycles. The molecule has 0 saturated carbocycles. The zero-order valence-corrected chi connectivity index (χ0v) is 15.9. The van der Waals surface area contributed by atoms with Crippen LogP contribution in [-0.2, 0) is 17.9 Å². The van der Waals surface area contributed by atoms with Crippen molar-refractivity contribution in [3.63, 3.8) is 0 Å². The number of nitro groups is 1. The second kappa shape index (κ2) is 9.02. The molecule has 1 aromatic heterocycles. The van der Waals surface area contributed by atoms with Crippen LogP contribution < -0.4 is 14.8 Å². The van der Waals surface area contributed by atoms with E-state index in [0.29, 0.717) is 37.0 Å². The number of aromatic nitrogens is 2. The molecule has 0 saturated heterocycles.